The van der Waals surface area contributed by atoms with Gasteiger partial charge in [0.15, 0.2) is 5.78 Å². The monoisotopic (exact) mass is 458 g/mol. The van der Waals surface area contributed by atoms with Crippen molar-refractivity contribution in [2.75, 3.05) is 16.9 Å². The van der Waals surface area contributed by atoms with Crippen molar-refractivity contribution in [3.63, 3.8) is 0 Å². The van der Waals surface area contributed by atoms with E-state index >= 15 is 0 Å². The maximum absolute atomic E-state index is 13.3. The molecule has 3 aromatic rings. The van der Waals surface area contributed by atoms with Crippen LogP contribution in [0, 0.1) is 5.41 Å². The van der Waals surface area contributed by atoms with Crippen LogP contribution in [0.4, 0.5) is 11.5 Å². The molecule has 1 aliphatic carbocycles. The summed E-state index contributed by atoms with van der Waals surface area (Å²) in [4.78, 5) is 27.6. The van der Waals surface area contributed by atoms with Crippen LogP contribution in [-0.4, -0.2) is 27.7 Å². The van der Waals surface area contributed by atoms with Crippen LogP contribution in [0.15, 0.2) is 77.0 Å². The molecule has 1 aromatic heterocycles. The number of carbonyl (C=O) groups is 2. The third kappa shape index (κ3) is 3.97. The number of hydrogen-bond acceptors (Lipinski definition) is 5. The topological polar surface area (TPSA) is 76.0 Å². The maximum Gasteiger partial charge on any atom is 0.261 e. The van der Waals surface area contributed by atoms with E-state index in [0.717, 1.165) is 33.8 Å². The molecule has 0 radical (unpaired) electrons. The van der Waals surface area contributed by atoms with Gasteiger partial charge in [0.2, 0.25) is 0 Å². The minimum absolute atomic E-state index is 0.129. The fourth-order valence-electron chi connectivity index (χ4n) is 4.69. The van der Waals surface area contributed by atoms with Crippen LogP contribution in [-0.2, 0) is 4.79 Å². The maximum atomic E-state index is 13.3. The van der Waals surface area contributed by atoms with Gasteiger partial charge in [-0.15, -0.1) is 11.8 Å². The number of nitrogens with one attached hydrogen (secondary N) is 2. The highest BCUT2D eigenvalue weighted by atomic mass is 32.2. The number of para-hydroxylation sites is 1. The summed E-state index contributed by atoms with van der Waals surface area (Å²) in [6, 6.07) is 17.2. The highest BCUT2D eigenvalue weighted by molar-refractivity contribution is 7.98. The zero-order valence-electron chi connectivity index (χ0n) is 18.9. The molecular weight excluding hydrogens is 432 g/mol. The van der Waals surface area contributed by atoms with Gasteiger partial charge in [-0.2, -0.15) is 5.10 Å². The van der Waals surface area contributed by atoms with E-state index in [2.05, 4.69) is 53.8 Å². The molecule has 2 N–H and O–H groups in total. The molecule has 5 rings (SSSR count). The second kappa shape index (κ2) is 8.23. The molecule has 0 saturated heterocycles. The Morgan fingerprint density at radius 3 is 2.55 bits per heavy atom. The Bertz CT molecular complexity index is 1260. The van der Waals surface area contributed by atoms with E-state index in [1.165, 1.54) is 0 Å². The smallest absolute Gasteiger partial charge is 0.261 e. The first kappa shape index (κ1) is 21.5. The molecule has 1 unspecified atom stereocenters. The lowest BCUT2D eigenvalue weighted by molar-refractivity contribution is -0.118. The van der Waals surface area contributed by atoms with Gasteiger partial charge in [0.05, 0.1) is 6.20 Å². The summed E-state index contributed by atoms with van der Waals surface area (Å²) in [6.45, 7) is 4.21. The molecule has 2 aliphatic rings. The number of aromatic nitrogens is 2. The van der Waals surface area contributed by atoms with Gasteiger partial charge >= 0.3 is 0 Å². The van der Waals surface area contributed by atoms with E-state index in [4.69, 9.17) is 0 Å². The number of rotatable bonds is 4. The molecule has 1 aliphatic heterocycles. The van der Waals surface area contributed by atoms with E-state index in [9.17, 15) is 9.59 Å². The first-order valence-corrected chi connectivity index (χ1v) is 12.2. The Hall–Kier alpha value is -3.32. The molecular formula is C26H26N4O2S. The molecule has 0 fully saturated rings. The lowest BCUT2D eigenvalue weighted by Gasteiger charge is -2.39. The SMILES string of the molecule is CSc1ccc(C2C3=C(CC(C)(C)CC3=O)Nc3c(C(=O)Nc4ccccc4)cnn32)cc1. The lowest BCUT2D eigenvalue weighted by atomic mass is 9.73. The van der Waals surface area contributed by atoms with E-state index in [1.807, 2.05) is 36.6 Å². The third-order valence-corrected chi connectivity index (χ3v) is 6.95. The van der Waals surface area contributed by atoms with E-state index in [1.54, 1.807) is 22.6 Å². The van der Waals surface area contributed by atoms with Crippen LogP contribution in [0.25, 0.3) is 0 Å². The number of fused-ring (bicyclic) bond motifs is 1. The minimum Gasteiger partial charge on any atom is -0.343 e. The van der Waals surface area contributed by atoms with Crippen LogP contribution in [0.1, 0.15) is 48.7 Å². The summed E-state index contributed by atoms with van der Waals surface area (Å²) in [5.41, 5.74) is 3.64. The Balaban J connectivity index is 1.60. The Morgan fingerprint density at radius 2 is 1.85 bits per heavy atom. The fourth-order valence-corrected chi connectivity index (χ4v) is 5.10. The van der Waals surface area contributed by atoms with Gasteiger partial charge in [-0.3, -0.25) is 9.59 Å². The van der Waals surface area contributed by atoms with Crippen molar-refractivity contribution in [2.24, 2.45) is 5.41 Å². The van der Waals surface area contributed by atoms with Gasteiger partial charge in [-0.05, 0) is 47.9 Å². The molecule has 2 heterocycles. The van der Waals surface area contributed by atoms with Crippen LogP contribution in [0.2, 0.25) is 0 Å². The van der Waals surface area contributed by atoms with Crippen molar-refractivity contribution >= 4 is 35.0 Å². The van der Waals surface area contributed by atoms with Crippen LogP contribution in [0.5, 0.6) is 0 Å². The van der Waals surface area contributed by atoms with Crippen molar-refractivity contribution in [3.05, 3.63) is 83.2 Å². The van der Waals surface area contributed by atoms with E-state index < -0.39 is 0 Å². The largest absolute Gasteiger partial charge is 0.343 e. The standard InChI is InChI=1S/C26H26N4O2S/c1-26(2)13-20-22(21(31)14-26)23(16-9-11-18(33-3)12-10-16)30-24(29-20)19(15-27-30)25(32)28-17-7-5-4-6-8-17/h4-12,15,23,29H,13-14H2,1-3H3,(H,28,32). The van der Waals surface area contributed by atoms with Gasteiger partial charge in [0.1, 0.15) is 17.4 Å². The van der Waals surface area contributed by atoms with Gasteiger partial charge in [-0.1, -0.05) is 44.2 Å². The molecule has 7 heteroatoms. The molecule has 1 atom stereocenters. The zero-order chi connectivity index (χ0) is 23.2. The number of anilines is 2. The fraction of sp³-hybridized carbons (Fsp3) is 0.269. The van der Waals surface area contributed by atoms with E-state index in [0.29, 0.717) is 17.8 Å². The first-order valence-electron chi connectivity index (χ1n) is 11.0. The number of ketones is 1. The Morgan fingerprint density at radius 1 is 1.12 bits per heavy atom. The van der Waals surface area contributed by atoms with Crippen molar-refractivity contribution in [1.29, 1.82) is 0 Å². The highest BCUT2D eigenvalue weighted by Gasteiger charge is 2.42. The molecule has 0 bridgehead atoms. The molecule has 0 spiro atoms. The summed E-state index contributed by atoms with van der Waals surface area (Å²) >= 11 is 1.68. The van der Waals surface area contributed by atoms with E-state index in [-0.39, 0.29) is 23.1 Å². The number of Topliss-reactive ketones (excluding diaryl/α,β-unsaturated/α-hetero) is 1. The number of carbonyl (C=O) groups excluding carboxylic acids is 2. The van der Waals surface area contributed by atoms with Gasteiger partial charge in [0.25, 0.3) is 5.91 Å². The predicted molar refractivity (Wildman–Crippen MR) is 132 cm³/mol. The first-order chi connectivity index (χ1) is 15.9. The molecule has 0 saturated carbocycles. The van der Waals surface area contributed by atoms with Crippen molar-refractivity contribution < 1.29 is 9.59 Å². The number of hydrogen-bond donors (Lipinski definition) is 2. The summed E-state index contributed by atoms with van der Waals surface area (Å²) in [6.07, 6.45) is 4.84. The summed E-state index contributed by atoms with van der Waals surface area (Å²) in [5.74, 6) is 0.507. The van der Waals surface area contributed by atoms with Crippen LogP contribution >= 0.6 is 11.8 Å². The van der Waals surface area contributed by atoms with Crippen LogP contribution < -0.4 is 10.6 Å². The Kier molecular flexibility index (Phi) is 5.37. The highest BCUT2D eigenvalue weighted by Crippen LogP contribution is 2.46. The molecule has 168 valence electrons. The van der Waals surface area contributed by atoms with Gasteiger partial charge < -0.3 is 10.6 Å². The van der Waals surface area contributed by atoms with Crippen LogP contribution in [0.3, 0.4) is 0 Å². The average Bonchev–Trinajstić information content (AvgIpc) is 3.21. The number of thioether (sulfide) groups is 1. The number of nitrogens with zero attached hydrogens (tertiary/aromatic N) is 2. The van der Waals surface area contributed by atoms with Crippen molar-refractivity contribution in [2.45, 2.75) is 37.6 Å². The molecule has 6 nitrogen and oxygen atoms in total. The molecule has 33 heavy (non-hydrogen) atoms. The molecule has 1 amide bonds. The van der Waals surface area contributed by atoms with Gasteiger partial charge in [-0.25, -0.2) is 4.68 Å². The predicted octanol–water partition coefficient (Wildman–Crippen LogP) is 5.52. The number of amides is 1. The summed E-state index contributed by atoms with van der Waals surface area (Å²) in [5, 5.41) is 10.9. The zero-order valence-corrected chi connectivity index (χ0v) is 19.7. The summed E-state index contributed by atoms with van der Waals surface area (Å²) < 4.78 is 1.78. The van der Waals surface area contributed by atoms with Crippen molar-refractivity contribution in [3.8, 4) is 0 Å². The second-order valence-corrected chi connectivity index (χ2v) is 10.2. The lowest BCUT2D eigenvalue weighted by Crippen LogP contribution is -2.37. The summed E-state index contributed by atoms with van der Waals surface area (Å²) in [7, 11) is 0. The van der Waals surface area contributed by atoms with Crippen molar-refractivity contribution in [1.82, 2.24) is 9.78 Å². The molecule has 2 aromatic carbocycles. The number of benzene rings is 2. The Labute approximate surface area is 197 Å². The van der Waals surface area contributed by atoms with Gasteiger partial charge in [0, 0.05) is 28.3 Å². The number of allylic oxidation sites excluding steroid dienone is 2. The second-order valence-electron chi connectivity index (χ2n) is 9.31. The quantitative estimate of drug-likeness (QED) is 0.504. The third-order valence-electron chi connectivity index (χ3n) is 6.21. The minimum atomic E-state index is -0.367. The average molecular weight is 459 g/mol. The normalized spacial score (nSPS) is 18.9.